The maximum absolute atomic E-state index is 11.8. The van der Waals surface area contributed by atoms with E-state index in [0.29, 0.717) is 6.54 Å². The number of hydrogen-bond donors (Lipinski definition) is 2. The number of nitrogens with one attached hydrogen (secondary N) is 2. The fraction of sp³-hybridized carbons (Fsp3) is 0.235. The smallest absolute Gasteiger partial charge is 0.319 e. The molecule has 0 heterocycles. The van der Waals surface area contributed by atoms with Crippen LogP contribution in [0.4, 0.5) is 10.5 Å². The lowest BCUT2D eigenvalue weighted by atomic mass is 10.1. The lowest BCUT2D eigenvalue weighted by Crippen LogP contribution is -2.30. The van der Waals surface area contributed by atoms with E-state index in [2.05, 4.69) is 17.6 Å². The molecule has 0 saturated heterocycles. The number of rotatable bonds is 5. The standard InChI is InChI=1S/C17H19ClN2O/c1-2-13-5-9-16(10-6-13)20-17(21)19-12-11-14-3-7-15(18)8-4-14/h3-10H,2,11-12H2,1H3,(H2,19,20,21). The van der Waals surface area contributed by atoms with Gasteiger partial charge in [0.2, 0.25) is 0 Å². The highest BCUT2D eigenvalue weighted by Gasteiger charge is 2.01. The van der Waals surface area contributed by atoms with E-state index >= 15 is 0 Å². The third kappa shape index (κ3) is 5.12. The quantitative estimate of drug-likeness (QED) is 0.851. The first-order valence-corrected chi connectivity index (χ1v) is 7.43. The molecule has 21 heavy (non-hydrogen) atoms. The van der Waals surface area contributed by atoms with Crippen molar-refractivity contribution in [2.24, 2.45) is 0 Å². The highest BCUT2D eigenvalue weighted by molar-refractivity contribution is 6.30. The van der Waals surface area contributed by atoms with Crippen LogP contribution in [0.3, 0.4) is 0 Å². The summed E-state index contributed by atoms with van der Waals surface area (Å²) in [6.45, 7) is 2.69. The largest absolute Gasteiger partial charge is 0.338 e. The minimum absolute atomic E-state index is 0.187. The van der Waals surface area contributed by atoms with Crippen LogP contribution in [0.25, 0.3) is 0 Å². The Labute approximate surface area is 130 Å². The van der Waals surface area contributed by atoms with E-state index in [1.165, 1.54) is 5.56 Å². The van der Waals surface area contributed by atoms with Crippen LogP contribution < -0.4 is 10.6 Å². The maximum Gasteiger partial charge on any atom is 0.319 e. The summed E-state index contributed by atoms with van der Waals surface area (Å²) >= 11 is 5.83. The molecule has 2 amide bonds. The van der Waals surface area contributed by atoms with Crippen molar-refractivity contribution in [3.63, 3.8) is 0 Å². The van der Waals surface area contributed by atoms with Crippen LogP contribution in [-0.4, -0.2) is 12.6 Å². The molecule has 0 unspecified atom stereocenters. The third-order valence-electron chi connectivity index (χ3n) is 3.23. The Kier molecular flexibility index (Phi) is 5.64. The van der Waals surface area contributed by atoms with E-state index in [4.69, 9.17) is 11.6 Å². The molecule has 0 aliphatic rings. The second kappa shape index (κ2) is 7.70. The minimum atomic E-state index is -0.187. The number of halogens is 1. The van der Waals surface area contributed by atoms with E-state index in [0.717, 1.165) is 29.1 Å². The minimum Gasteiger partial charge on any atom is -0.338 e. The molecule has 0 aliphatic heterocycles. The number of urea groups is 1. The molecule has 0 radical (unpaired) electrons. The molecule has 0 aliphatic carbocycles. The molecule has 0 fully saturated rings. The number of benzene rings is 2. The van der Waals surface area contributed by atoms with E-state index in [1.54, 1.807) is 0 Å². The van der Waals surface area contributed by atoms with Crippen molar-refractivity contribution < 1.29 is 4.79 Å². The Balaban J connectivity index is 1.75. The number of aryl methyl sites for hydroxylation is 1. The van der Waals surface area contributed by atoms with Gasteiger partial charge in [-0.15, -0.1) is 0 Å². The average molecular weight is 303 g/mol. The molecule has 4 heteroatoms. The number of carbonyl (C=O) groups is 1. The van der Waals surface area contributed by atoms with Gasteiger partial charge >= 0.3 is 6.03 Å². The van der Waals surface area contributed by atoms with Gasteiger partial charge in [-0.25, -0.2) is 4.79 Å². The summed E-state index contributed by atoms with van der Waals surface area (Å²) in [6, 6.07) is 15.3. The molecule has 2 N–H and O–H groups in total. The van der Waals surface area contributed by atoms with Gasteiger partial charge in [0.15, 0.2) is 0 Å². The summed E-state index contributed by atoms with van der Waals surface area (Å²) in [7, 11) is 0. The fourth-order valence-corrected chi connectivity index (χ4v) is 2.10. The molecular formula is C17H19ClN2O. The second-order valence-electron chi connectivity index (χ2n) is 4.81. The number of carbonyl (C=O) groups excluding carboxylic acids is 1. The average Bonchev–Trinajstić information content (AvgIpc) is 2.50. The number of anilines is 1. The van der Waals surface area contributed by atoms with Gasteiger partial charge in [0.25, 0.3) is 0 Å². The topological polar surface area (TPSA) is 41.1 Å². The summed E-state index contributed by atoms with van der Waals surface area (Å²) < 4.78 is 0. The Bertz CT molecular complexity index is 579. The zero-order chi connectivity index (χ0) is 15.1. The molecule has 0 aromatic heterocycles. The van der Waals surface area contributed by atoms with E-state index < -0.39 is 0 Å². The molecule has 0 saturated carbocycles. The van der Waals surface area contributed by atoms with Gasteiger partial charge in [-0.05, 0) is 48.2 Å². The van der Waals surface area contributed by atoms with E-state index in [9.17, 15) is 4.79 Å². The van der Waals surface area contributed by atoms with Crippen molar-refractivity contribution >= 4 is 23.3 Å². The molecule has 2 aromatic carbocycles. The summed E-state index contributed by atoms with van der Waals surface area (Å²) in [6.07, 6.45) is 1.77. The van der Waals surface area contributed by atoms with E-state index in [-0.39, 0.29) is 6.03 Å². The molecule has 0 bridgehead atoms. The van der Waals surface area contributed by atoms with Gasteiger partial charge in [0.05, 0.1) is 0 Å². The zero-order valence-electron chi connectivity index (χ0n) is 12.0. The van der Waals surface area contributed by atoms with Crippen molar-refractivity contribution in [1.82, 2.24) is 5.32 Å². The first-order chi connectivity index (χ1) is 10.2. The molecule has 0 atom stereocenters. The molecule has 0 spiro atoms. The van der Waals surface area contributed by atoms with Crippen molar-refractivity contribution in [3.8, 4) is 0 Å². The monoisotopic (exact) mass is 302 g/mol. The summed E-state index contributed by atoms with van der Waals surface area (Å²) in [5.74, 6) is 0. The highest BCUT2D eigenvalue weighted by atomic mass is 35.5. The zero-order valence-corrected chi connectivity index (χ0v) is 12.8. The van der Waals surface area contributed by atoms with Crippen molar-refractivity contribution in [2.75, 3.05) is 11.9 Å². The Morgan fingerprint density at radius 3 is 2.24 bits per heavy atom. The van der Waals surface area contributed by atoms with Crippen molar-refractivity contribution in [2.45, 2.75) is 19.8 Å². The Morgan fingerprint density at radius 1 is 1.00 bits per heavy atom. The van der Waals surface area contributed by atoms with Crippen LogP contribution in [0, 0.1) is 0 Å². The highest BCUT2D eigenvalue weighted by Crippen LogP contribution is 2.10. The number of hydrogen-bond acceptors (Lipinski definition) is 1. The summed E-state index contributed by atoms with van der Waals surface area (Å²) in [5, 5.41) is 6.38. The third-order valence-corrected chi connectivity index (χ3v) is 3.48. The predicted molar refractivity (Wildman–Crippen MR) is 88.0 cm³/mol. The van der Waals surface area contributed by atoms with Gasteiger partial charge in [-0.3, -0.25) is 0 Å². The number of amides is 2. The first kappa shape index (κ1) is 15.4. The second-order valence-corrected chi connectivity index (χ2v) is 5.24. The molecular weight excluding hydrogens is 284 g/mol. The van der Waals surface area contributed by atoms with Gasteiger partial charge in [0, 0.05) is 17.3 Å². The van der Waals surface area contributed by atoms with Crippen molar-refractivity contribution in [3.05, 3.63) is 64.7 Å². The van der Waals surface area contributed by atoms with E-state index in [1.807, 2.05) is 48.5 Å². The van der Waals surface area contributed by atoms with Crippen LogP contribution >= 0.6 is 11.6 Å². The van der Waals surface area contributed by atoms with Crippen molar-refractivity contribution in [1.29, 1.82) is 0 Å². The predicted octanol–water partition coefficient (Wildman–Crippen LogP) is 4.27. The molecule has 2 aromatic rings. The SMILES string of the molecule is CCc1ccc(NC(=O)NCCc2ccc(Cl)cc2)cc1. The summed E-state index contributed by atoms with van der Waals surface area (Å²) in [5.41, 5.74) is 3.20. The van der Waals surface area contributed by atoms with Gasteiger partial charge in [-0.1, -0.05) is 42.8 Å². The lowest BCUT2D eigenvalue weighted by Gasteiger charge is -2.08. The van der Waals surface area contributed by atoms with Gasteiger partial charge in [0.1, 0.15) is 0 Å². The molecule has 2 rings (SSSR count). The maximum atomic E-state index is 11.8. The van der Waals surface area contributed by atoms with Crippen LogP contribution in [0.1, 0.15) is 18.1 Å². The summed E-state index contributed by atoms with van der Waals surface area (Å²) in [4.78, 5) is 11.8. The molecule has 3 nitrogen and oxygen atoms in total. The van der Waals surface area contributed by atoms with Crippen LogP contribution in [0.5, 0.6) is 0 Å². The first-order valence-electron chi connectivity index (χ1n) is 7.05. The lowest BCUT2D eigenvalue weighted by molar-refractivity contribution is 0.252. The Morgan fingerprint density at radius 2 is 1.62 bits per heavy atom. The Hall–Kier alpha value is -2.00. The van der Waals surface area contributed by atoms with Gasteiger partial charge < -0.3 is 10.6 Å². The van der Waals surface area contributed by atoms with Gasteiger partial charge in [-0.2, -0.15) is 0 Å². The molecule has 110 valence electrons. The van der Waals surface area contributed by atoms with Crippen LogP contribution in [-0.2, 0) is 12.8 Å². The van der Waals surface area contributed by atoms with Crippen LogP contribution in [0.2, 0.25) is 5.02 Å². The van der Waals surface area contributed by atoms with Crippen LogP contribution in [0.15, 0.2) is 48.5 Å². The normalized spacial score (nSPS) is 10.2. The fourth-order valence-electron chi connectivity index (χ4n) is 1.97.